The normalized spacial score (nSPS) is 31.4. The standard InChI is InChI=1S/C24H36F2S/c1-2-3-7-18-10-12-19(13-11-18)20-14-16-21(17-15-20)23(25)24(26)27-22-8-5-4-6-9-22/h4-6,8-9,18-21,23-24H,2-3,7,10-17H2,1H3. The zero-order valence-corrected chi connectivity index (χ0v) is 17.6. The van der Waals surface area contributed by atoms with Crippen molar-refractivity contribution in [3.05, 3.63) is 30.3 Å². The Morgan fingerprint density at radius 1 is 0.889 bits per heavy atom. The predicted molar refractivity (Wildman–Crippen MR) is 113 cm³/mol. The molecule has 152 valence electrons. The minimum absolute atomic E-state index is 0.0895. The van der Waals surface area contributed by atoms with E-state index in [1.165, 1.54) is 44.9 Å². The van der Waals surface area contributed by atoms with Crippen molar-refractivity contribution in [1.82, 2.24) is 0 Å². The molecule has 2 atom stereocenters. The summed E-state index contributed by atoms with van der Waals surface area (Å²) in [6, 6.07) is 9.38. The van der Waals surface area contributed by atoms with Crippen molar-refractivity contribution < 1.29 is 8.78 Å². The zero-order chi connectivity index (χ0) is 19.1. The van der Waals surface area contributed by atoms with E-state index in [2.05, 4.69) is 6.92 Å². The number of halogens is 2. The van der Waals surface area contributed by atoms with E-state index in [0.29, 0.717) is 0 Å². The van der Waals surface area contributed by atoms with Crippen LogP contribution >= 0.6 is 11.8 Å². The molecule has 0 heterocycles. The van der Waals surface area contributed by atoms with Crippen molar-refractivity contribution in [3.63, 3.8) is 0 Å². The van der Waals surface area contributed by atoms with Gasteiger partial charge in [0.2, 0.25) is 0 Å². The molecular weight excluding hydrogens is 358 g/mol. The van der Waals surface area contributed by atoms with E-state index in [4.69, 9.17) is 0 Å². The molecule has 0 N–H and O–H groups in total. The van der Waals surface area contributed by atoms with Crippen molar-refractivity contribution in [2.75, 3.05) is 0 Å². The van der Waals surface area contributed by atoms with E-state index in [1.54, 1.807) is 0 Å². The highest BCUT2D eigenvalue weighted by atomic mass is 32.2. The molecule has 2 fully saturated rings. The van der Waals surface area contributed by atoms with Crippen LogP contribution in [0.15, 0.2) is 35.2 Å². The molecule has 2 saturated carbocycles. The van der Waals surface area contributed by atoms with Crippen LogP contribution in [0.1, 0.15) is 77.6 Å². The van der Waals surface area contributed by atoms with E-state index in [9.17, 15) is 8.78 Å². The fourth-order valence-corrected chi connectivity index (χ4v) is 6.21. The molecule has 0 saturated heterocycles. The number of rotatable bonds is 8. The molecule has 0 aliphatic heterocycles. The van der Waals surface area contributed by atoms with E-state index in [-0.39, 0.29) is 5.92 Å². The lowest BCUT2D eigenvalue weighted by Crippen LogP contribution is -2.31. The predicted octanol–water partition coefficient (Wildman–Crippen LogP) is 8.22. The summed E-state index contributed by atoms with van der Waals surface area (Å²) < 4.78 is 29.2. The van der Waals surface area contributed by atoms with Gasteiger partial charge in [-0.3, -0.25) is 0 Å². The lowest BCUT2D eigenvalue weighted by molar-refractivity contribution is 0.0869. The molecule has 27 heavy (non-hydrogen) atoms. The first-order valence-electron chi connectivity index (χ1n) is 11.2. The van der Waals surface area contributed by atoms with Gasteiger partial charge in [-0.2, -0.15) is 0 Å². The number of hydrogen-bond donors (Lipinski definition) is 0. The van der Waals surface area contributed by atoms with Gasteiger partial charge in [-0.1, -0.05) is 69.0 Å². The lowest BCUT2D eigenvalue weighted by Gasteiger charge is -2.38. The third kappa shape index (κ3) is 6.21. The van der Waals surface area contributed by atoms with E-state index >= 15 is 0 Å². The fourth-order valence-electron chi connectivity index (χ4n) is 5.28. The largest absolute Gasteiger partial charge is 0.243 e. The second-order valence-corrected chi connectivity index (χ2v) is 9.98. The van der Waals surface area contributed by atoms with Crippen molar-refractivity contribution in [2.24, 2.45) is 23.7 Å². The first kappa shape index (κ1) is 21.1. The summed E-state index contributed by atoms with van der Waals surface area (Å²) >= 11 is 1.04. The van der Waals surface area contributed by atoms with Gasteiger partial charge in [0.15, 0.2) is 5.50 Å². The van der Waals surface area contributed by atoms with Crippen LogP contribution < -0.4 is 0 Å². The van der Waals surface area contributed by atoms with Crippen LogP contribution in [0.25, 0.3) is 0 Å². The molecule has 0 nitrogen and oxygen atoms in total. The van der Waals surface area contributed by atoms with Gasteiger partial charge in [-0.15, -0.1) is 0 Å². The van der Waals surface area contributed by atoms with Crippen molar-refractivity contribution in [1.29, 1.82) is 0 Å². The first-order valence-corrected chi connectivity index (χ1v) is 12.0. The summed E-state index contributed by atoms with van der Waals surface area (Å²) in [6.45, 7) is 2.28. The Morgan fingerprint density at radius 3 is 2.07 bits per heavy atom. The van der Waals surface area contributed by atoms with Gasteiger partial charge < -0.3 is 0 Å². The van der Waals surface area contributed by atoms with Crippen LogP contribution in [0.4, 0.5) is 8.78 Å². The van der Waals surface area contributed by atoms with Gasteiger partial charge >= 0.3 is 0 Å². The topological polar surface area (TPSA) is 0 Å². The van der Waals surface area contributed by atoms with Gasteiger partial charge in [0.25, 0.3) is 0 Å². The number of unbranched alkanes of at least 4 members (excludes halogenated alkanes) is 1. The molecule has 2 aliphatic carbocycles. The summed E-state index contributed by atoms with van der Waals surface area (Å²) in [4.78, 5) is 0.821. The fraction of sp³-hybridized carbons (Fsp3) is 0.750. The molecule has 2 aliphatic rings. The van der Waals surface area contributed by atoms with Crippen LogP contribution in [0.5, 0.6) is 0 Å². The Kier molecular flexibility index (Phi) is 8.48. The number of benzene rings is 1. The van der Waals surface area contributed by atoms with Crippen LogP contribution in [-0.2, 0) is 0 Å². The second-order valence-electron chi connectivity index (χ2n) is 8.82. The highest BCUT2D eigenvalue weighted by Gasteiger charge is 2.36. The molecule has 0 radical (unpaired) electrons. The molecule has 1 aromatic carbocycles. The molecule has 0 amide bonds. The first-order chi connectivity index (χ1) is 13.2. The summed E-state index contributed by atoms with van der Waals surface area (Å²) in [5.74, 6) is 2.48. The molecule has 0 bridgehead atoms. The van der Waals surface area contributed by atoms with Gasteiger partial charge in [0.05, 0.1) is 0 Å². The monoisotopic (exact) mass is 394 g/mol. The van der Waals surface area contributed by atoms with Gasteiger partial charge in [0, 0.05) is 4.90 Å². The summed E-state index contributed by atoms with van der Waals surface area (Å²) in [6.07, 6.45) is 12.3. The van der Waals surface area contributed by atoms with Crippen LogP contribution in [0, 0.1) is 23.7 Å². The number of alkyl halides is 2. The Labute approximate surface area is 168 Å². The molecule has 3 rings (SSSR count). The highest BCUT2D eigenvalue weighted by molar-refractivity contribution is 7.99. The van der Waals surface area contributed by atoms with E-state index < -0.39 is 11.7 Å². The third-order valence-electron chi connectivity index (χ3n) is 7.03. The quantitative estimate of drug-likeness (QED) is 0.400. The smallest absolute Gasteiger partial charge is 0.181 e. The molecular formula is C24H36F2S. The maximum absolute atomic E-state index is 14.7. The summed E-state index contributed by atoms with van der Waals surface area (Å²) in [5.41, 5.74) is -1.44. The minimum atomic E-state index is -1.44. The number of hydrogen-bond acceptors (Lipinski definition) is 1. The second kappa shape index (κ2) is 10.8. The van der Waals surface area contributed by atoms with Crippen molar-refractivity contribution in [3.8, 4) is 0 Å². The molecule has 2 unspecified atom stereocenters. The lowest BCUT2D eigenvalue weighted by atomic mass is 9.68. The van der Waals surface area contributed by atoms with Gasteiger partial charge in [0.1, 0.15) is 6.17 Å². The van der Waals surface area contributed by atoms with Crippen LogP contribution in [-0.4, -0.2) is 11.7 Å². The molecule has 3 heteroatoms. The third-order valence-corrected chi connectivity index (χ3v) is 8.06. The number of thioether (sulfide) groups is 1. The Bertz CT molecular complexity index is 518. The Balaban J connectivity index is 1.39. The average Bonchev–Trinajstić information content (AvgIpc) is 2.73. The maximum atomic E-state index is 14.7. The Hall–Kier alpha value is -0.570. The Morgan fingerprint density at radius 2 is 1.48 bits per heavy atom. The average molecular weight is 395 g/mol. The van der Waals surface area contributed by atoms with Crippen molar-refractivity contribution in [2.45, 2.75) is 94.1 Å². The maximum Gasteiger partial charge on any atom is 0.181 e. The van der Waals surface area contributed by atoms with Gasteiger partial charge in [-0.25, -0.2) is 8.78 Å². The van der Waals surface area contributed by atoms with Crippen LogP contribution in [0.3, 0.4) is 0 Å². The van der Waals surface area contributed by atoms with Crippen LogP contribution in [0.2, 0.25) is 0 Å². The van der Waals surface area contributed by atoms with Crippen molar-refractivity contribution >= 4 is 11.8 Å². The molecule has 0 aromatic heterocycles. The minimum Gasteiger partial charge on any atom is -0.243 e. The van der Waals surface area contributed by atoms with E-state index in [1.807, 2.05) is 30.3 Å². The highest BCUT2D eigenvalue weighted by Crippen LogP contribution is 2.44. The molecule has 0 spiro atoms. The summed E-state index contributed by atoms with van der Waals surface area (Å²) in [5, 5.41) is 0. The zero-order valence-electron chi connectivity index (χ0n) is 16.8. The van der Waals surface area contributed by atoms with Gasteiger partial charge in [-0.05, 0) is 74.3 Å². The SMILES string of the molecule is CCCCC1CCC(C2CCC(C(F)C(F)Sc3ccccc3)CC2)CC1. The van der Waals surface area contributed by atoms with E-state index in [0.717, 1.165) is 60.1 Å². The molecule has 1 aromatic rings. The summed E-state index contributed by atoms with van der Waals surface area (Å²) in [7, 11) is 0.